The number of hydrogen-bond acceptors (Lipinski definition) is 6. The Kier molecular flexibility index (Phi) is 4.19. The van der Waals surface area contributed by atoms with Crippen molar-refractivity contribution >= 4 is 17.5 Å². The molecule has 8 nitrogen and oxygen atoms in total. The van der Waals surface area contributed by atoms with Gasteiger partial charge in [-0.3, -0.25) is 14.5 Å². The van der Waals surface area contributed by atoms with E-state index in [1.54, 1.807) is 4.90 Å². The second-order valence-electron chi connectivity index (χ2n) is 5.60. The average molecular weight is 305 g/mol. The van der Waals surface area contributed by atoms with Crippen LogP contribution in [0.1, 0.15) is 24.3 Å². The first-order valence-corrected chi connectivity index (χ1v) is 7.41. The van der Waals surface area contributed by atoms with Crippen molar-refractivity contribution in [1.29, 1.82) is 0 Å². The summed E-state index contributed by atoms with van der Waals surface area (Å²) in [6.45, 7) is 5.47. The number of rotatable bonds is 3. The Morgan fingerprint density at radius 3 is 2.68 bits per heavy atom. The van der Waals surface area contributed by atoms with Gasteiger partial charge in [0, 0.05) is 45.1 Å². The lowest BCUT2D eigenvalue weighted by molar-refractivity contribution is -0.126. The van der Waals surface area contributed by atoms with Crippen LogP contribution in [0.5, 0.6) is 0 Å². The third-order valence-electron chi connectivity index (χ3n) is 3.87. The molecule has 2 aliphatic heterocycles. The van der Waals surface area contributed by atoms with Gasteiger partial charge in [0.05, 0.1) is 12.2 Å². The Bertz CT molecular complexity index is 601. The molecule has 8 heteroatoms. The lowest BCUT2D eigenvalue weighted by Crippen LogP contribution is -2.51. The highest BCUT2D eigenvalue weighted by atomic mass is 16.5. The number of nitrogens with zero attached hydrogens (tertiary/aromatic N) is 4. The second kappa shape index (κ2) is 6.27. The maximum atomic E-state index is 12.3. The quantitative estimate of drug-likeness (QED) is 0.841. The first kappa shape index (κ1) is 14.7. The van der Waals surface area contributed by atoms with E-state index in [-0.39, 0.29) is 11.8 Å². The van der Waals surface area contributed by atoms with E-state index in [9.17, 15) is 9.59 Å². The van der Waals surface area contributed by atoms with Crippen LogP contribution in [0.2, 0.25) is 0 Å². The Labute approximate surface area is 128 Å². The van der Waals surface area contributed by atoms with E-state index >= 15 is 0 Å². The van der Waals surface area contributed by atoms with Gasteiger partial charge >= 0.3 is 0 Å². The number of aromatic nitrogens is 1. The van der Waals surface area contributed by atoms with Crippen molar-refractivity contribution in [2.75, 3.05) is 26.2 Å². The molecule has 1 N–H and O–H groups in total. The van der Waals surface area contributed by atoms with E-state index in [0.29, 0.717) is 38.2 Å². The summed E-state index contributed by atoms with van der Waals surface area (Å²) in [6.07, 6.45) is 0.748. The van der Waals surface area contributed by atoms with Gasteiger partial charge in [-0.25, -0.2) is 5.43 Å². The number of carbonyl (C=O) groups excluding carboxylic acids is 2. The smallest absolute Gasteiger partial charge is 0.270 e. The van der Waals surface area contributed by atoms with Crippen molar-refractivity contribution in [3.63, 3.8) is 0 Å². The normalized spacial score (nSPS) is 19.8. The van der Waals surface area contributed by atoms with Crippen molar-refractivity contribution in [2.45, 2.75) is 26.3 Å². The van der Waals surface area contributed by atoms with Crippen LogP contribution in [0.3, 0.4) is 0 Å². The SMILES string of the molecule is Cc1cc(CN2CCN(C(=O)C3=NNC(=O)CC3)CC2)on1. The Hall–Kier alpha value is -2.22. The van der Waals surface area contributed by atoms with Gasteiger partial charge in [-0.2, -0.15) is 5.10 Å². The number of piperazine rings is 1. The number of hydrazone groups is 1. The van der Waals surface area contributed by atoms with E-state index in [0.717, 1.165) is 24.5 Å². The third kappa shape index (κ3) is 3.33. The van der Waals surface area contributed by atoms with Crippen molar-refractivity contribution in [1.82, 2.24) is 20.4 Å². The van der Waals surface area contributed by atoms with E-state index in [1.165, 1.54) is 0 Å². The van der Waals surface area contributed by atoms with Gasteiger partial charge in [-0.05, 0) is 6.92 Å². The van der Waals surface area contributed by atoms with E-state index < -0.39 is 0 Å². The fraction of sp³-hybridized carbons (Fsp3) is 0.571. The Balaban J connectivity index is 1.51. The van der Waals surface area contributed by atoms with Crippen molar-refractivity contribution in [3.05, 3.63) is 17.5 Å². The van der Waals surface area contributed by atoms with Crippen molar-refractivity contribution < 1.29 is 14.1 Å². The van der Waals surface area contributed by atoms with Gasteiger partial charge in [-0.15, -0.1) is 0 Å². The molecule has 22 heavy (non-hydrogen) atoms. The molecule has 1 saturated heterocycles. The largest absolute Gasteiger partial charge is 0.360 e. The highest BCUT2D eigenvalue weighted by Gasteiger charge is 2.27. The minimum Gasteiger partial charge on any atom is -0.360 e. The summed E-state index contributed by atoms with van der Waals surface area (Å²) in [5.41, 5.74) is 3.69. The van der Waals surface area contributed by atoms with Crippen LogP contribution in [0, 0.1) is 6.92 Å². The molecule has 0 aromatic carbocycles. The molecule has 118 valence electrons. The third-order valence-corrected chi connectivity index (χ3v) is 3.87. The van der Waals surface area contributed by atoms with Crippen molar-refractivity contribution in [2.24, 2.45) is 5.10 Å². The lowest BCUT2D eigenvalue weighted by atomic mass is 10.1. The number of hydrogen-bond donors (Lipinski definition) is 1. The second-order valence-corrected chi connectivity index (χ2v) is 5.60. The predicted molar refractivity (Wildman–Crippen MR) is 77.9 cm³/mol. The predicted octanol–water partition coefficient (Wildman–Crippen LogP) is -0.107. The zero-order chi connectivity index (χ0) is 15.5. The van der Waals surface area contributed by atoms with Gasteiger partial charge in [0.15, 0.2) is 5.76 Å². The minimum atomic E-state index is -0.135. The van der Waals surface area contributed by atoms with Gasteiger partial charge in [0.25, 0.3) is 5.91 Å². The number of nitrogens with one attached hydrogen (secondary N) is 1. The van der Waals surface area contributed by atoms with E-state index in [1.807, 2.05) is 13.0 Å². The summed E-state index contributed by atoms with van der Waals surface area (Å²) >= 11 is 0. The molecule has 3 rings (SSSR count). The molecular formula is C14H19N5O3. The monoisotopic (exact) mass is 305 g/mol. The number of carbonyl (C=O) groups is 2. The van der Waals surface area contributed by atoms with Crippen LogP contribution < -0.4 is 5.43 Å². The average Bonchev–Trinajstić information content (AvgIpc) is 2.93. The molecule has 0 spiro atoms. The van der Waals surface area contributed by atoms with E-state index in [2.05, 4.69) is 20.6 Å². The fourth-order valence-corrected chi connectivity index (χ4v) is 2.63. The Morgan fingerprint density at radius 2 is 2.09 bits per heavy atom. The minimum absolute atomic E-state index is 0.0739. The molecular weight excluding hydrogens is 286 g/mol. The van der Waals surface area contributed by atoms with Crippen LogP contribution >= 0.6 is 0 Å². The summed E-state index contributed by atoms with van der Waals surface area (Å²) in [7, 11) is 0. The molecule has 2 aliphatic rings. The zero-order valence-corrected chi connectivity index (χ0v) is 12.5. The van der Waals surface area contributed by atoms with Crippen LogP contribution in [-0.4, -0.2) is 58.7 Å². The molecule has 0 saturated carbocycles. The molecule has 1 fully saturated rings. The van der Waals surface area contributed by atoms with Crippen LogP contribution in [0.15, 0.2) is 15.7 Å². The molecule has 1 aromatic rings. The maximum Gasteiger partial charge on any atom is 0.270 e. The van der Waals surface area contributed by atoms with Gasteiger partial charge < -0.3 is 9.42 Å². The van der Waals surface area contributed by atoms with E-state index in [4.69, 9.17) is 4.52 Å². The summed E-state index contributed by atoms with van der Waals surface area (Å²) < 4.78 is 5.22. The standard InChI is InChI=1S/C14H19N5O3/c1-10-8-11(22-17-10)9-18-4-6-19(7-5-18)14(21)12-2-3-13(20)16-15-12/h8H,2-7,9H2,1H3,(H,16,20). The molecule has 0 aliphatic carbocycles. The van der Waals surface area contributed by atoms with Crippen LogP contribution in [0.4, 0.5) is 0 Å². The first-order valence-electron chi connectivity index (χ1n) is 7.41. The highest BCUT2D eigenvalue weighted by molar-refractivity contribution is 6.39. The number of aryl methyl sites for hydroxylation is 1. The summed E-state index contributed by atoms with van der Waals surface area (Å²) in [5, 5.41) is 7.74. The Morgan fingerprint density at radius 1 is 1.32 bits per heavy atom. The summed E-state index contributed by atoms with van der Waals surface area (Å²) in [6, 6.07) is 1.93. The van der Waals surface area contributed by atoms with Gasteiger partial charge in [-0.1, -0.05) is 5.16 Å². The molecule has 1 aromatic heterocycles. The fourth-order valence-electron chi connectivity index (χ4n) is 2.63. The van der Waals surface area contributed by atoms with Crippen molar-refractivity contribution in [3.8, 4) is 0 Å². The van der Waals surface area contributed by atoms with Crippen LogP contribution in [-0.2, 0) is 16.1 Å². The molecule has 0 unspecified atom stereocenters. The van der Waals surface area contributed by atoms with Gasteiger partial charge in [0.1, 0.15) is 5.71 Å². The van der Waals surface area contributed by atoms with Gasteiger partial charge in [0.2, 0.25) is 5.91 Å². The van der Waals surface area contributed by atoms with Crippen LogP contribution in [0.25, 0.3) is 0 Å². The summed E-state index contributed by atoms with van der Waals surface area (Å²) in [5.74, 6) is 0.635. The molecule has 0 atom stereocenters. The molecule has 2 amide bonds. The molecule has 0 radical (unpaired) electrons. The summed E-state index contributed by atoms with van der Waals surface area (Å²) in [4.78, 5) is 27.4. The lowest BCUT2D eigenvalue weighted by Gasteiger charge is -2.34. The zero-order valence-electron chi connectivity index (χ0n) is 12.5. The first-order chi connectivity index (χ1) is 10.6. The molecule has 0 bridgehead atoms. The number of amides is 2. The topological polar surface area (TPSA) is 91.0 Å². The molecule has 3 heterocycles. The highest BCUT2D eigenvalue weighted by Crippen LogP contribution is 2.11. The maximum absolute atomic E-state index is 12.3.